The van der Waals surface area contributed by atoms with Crippen molar-refractivity contribution in [1.29, 1.82) is 0 Å². The fourth-order valence-corrected chi connectivity index (χ4v) is 4.60. The molecule has 0 aromatic heterocycles. The Morgan fingerprint density at radius 3 is 2.53 bits per heavy atom. The summed E-state index contributed by atoms with van der Waals surface area (Å²) < 4.78 is 5.79. The van der Waals surface area contributed by atoms with Gasteiger partial charge >= 0.3 is 0 Å². The van der Waals surface area contributed by atoms with E-state index in [9.17, 15) is 14.9 Å². The number of piperazine rings is 1. The number of aliphatic imine (C=N–C) groups is 1. The number of benzene rings is 2. The number of anilines is 1. The maximum Gasteiger partial charge on any atom is 0.292 e. The van der Waals surface area contributed by atoms with Crippen LogP contribution in [0.15, 0.2) is 58.4 Å². The zero-order valence-electron chi connectivity index (χ0n) is 17.8. The molecule has 0 radical (unpaired) electrons. The van der Waals surface area contributed by atoms with Gasteiger partial charge in [0.2, 0.25) is 0 Å². The van der Waals surface area contributed by atoms with Gasteiger partial charge in [-0.25, -0.2) is 0 Å². The first-order valence-corrected chi connectivity index (χ1v) is 11.4. The van der Waals surface area contributed by atoms with E-state index in [1.807, 2.05) is 48.2 Å². The van der Waals surface area contributed by atoms with Gasteiger partial charge in [-0.2, -0.15) is 4.99 Å². The molecule has 9 heteroatoms. The molecular formula is C23H24N4O4S. The van der Waals surface area contributed by atoms with Crippen molar-refractivity contribution < 1.29 is 14.5 Å². The summed E-state index contributed by atoms with van der Waals surface area (Å²) in [6.07, 6.45) is 2.74. The molecule has 1 fully saturated rings. The molecular weight excluding hydrogens is 428 g/mol. The van der Waals surface area contributed by atoms with Crippen LogP contribution in [-0.2, 0) is 4.79 Å². The second kappa shape index (κ2) is 9.86. The van der Waals surface area contributed by atoms with Gasteiger partial charge in [0.1, 0.15) is 11.4 Å². The van der Waals surface area contributed by atoms with Crippen LogP contribution >= 0.6 is 11.8 Å². The van der Waals surface area contributed by atoms with Gasteiger partial charge in [0.25, 0.3) is 11.6 Å². The zero-order valence-corrected chi connectivity index (χ0v) is 18.6. The predicted molar refractivity (Wildman–Crippen MR) is 127 cm³/mol. The van der Waals surface area contributed by atoms with Crippen LogP contribution in [0.25, 0.3) is 6.08 Å². The Bertz CT molecular complexity index is 1080. The summed E-state index contributed by atoms with van der Waals surface area (Å²) in [6.45, 7) is 5.17. The van der Waals surface area contributed by atoms with Gasteiger partial charge in [-0.1, -0.05) is 37.3 Å². The van der Waals surface area contributed by atoms with E-state index in [-0.39, 0.29) is 16.5 Å². The first-order valence-electron chi connectivity index (χ1n) is 10.5. The maximum absolute atomic E-state index is 12.5. The van der Waals surface area contributed by atoms with Crippen LogP contribution in [0.5, 0.6) is 5.75 Å². The fourth-order valence-electron chi connectivity index (χ4n) is 3.64. The highest BCUT2D eigenvalue weighted by atomic mass is 32.2. The van der Waals surface area contributed by atoms with E-state index < -0.39 is 0 Å². The topological polar surface area (TPSA) is 88.3 Å². The molecule has 4 rings (SSSR count). The number of rotatable bonds is 6. The lowest BCUT2D eigenvalue weighted by Crippen LogP contribution is -2.48. The Labute approximate surface area is 190 Å². The quantitative estimate of drug-likeness (QED) is 0.369. The lowest BCUT2D eigenvalue weighted by molar-refractivity contribution is -0.384. The Hall–Kier alpha value is -3.33. The molecule has 0 atom stereocenters. The van der Waals surface area contributed by atoms with E-state index in [1.165, 1.54) is 17.8 Å². The molecule has 1 amide bonds. The monoisotopic (exact) mass is 452 g/mol. The number of nitro benzene ring substituents is 1. The van der Waals surface area contributed by atoms with Crippen molar-refractivity contribution in [1.82, 2.24) is 4.90 Å². The average Bonchev–Trinajstić information content (AvgIpc) is 3.18. The van der Waals surface area contributed by atoms with E-state index in [2.05, 4.69) is 9.89 Å². The molecule has 2 aromatic rings. The SMILES string of the molecule is CCCOc1ccccc1C=C1SC(N2CCN(c3ccccc3[N+](=O)[O-])CC2)=NC1=O. The van der Waals surface area contributed by atoms with Crippen LogP contribution in [0.2, 0.25) is 0 Å². The number of hydrogen-bond acceptors (Lipinski definition) is 7. The van der Waals surface area contributed by atoms with Gasteiger partial charge in [-0.05, 0) is 36.4 Å². The third-order valence-electron chi connectivity index (χ3n) is 5.25. The number of nitro groups is 1. The van der Waals surface area contributed by atoms with Crippen LogP contribution in [0.1, 0.15) is 18.9 Å². The van der Waals surface area contributed by atoms with Gasteiger partial charge in [-0.3, -0.25) is 14.9 Å². The second-order valence-corrected chi connectivity index (χ2v) is 8.43. The second-order valence-electron chi connectivity index (χ2n) is 7.42. The van der Waals surface area contributed by atoms with Crippen molar-refractivity contribution >= 4 is 40.3 Å². The largest absolute Gasteiger partial charge is 0.493 e. The van der Waals surface area contributed by atoms with Crippen molar-refractivity contribution in [3.05, 3.63) is 69.1 Å². The zero-order chi connectivity index (χ0) is 22.5. The summed E-state index contributed by atoms with van der Waals surface area (Å²) >= 11 is 1.36. The minimum atomic E-state index is -0.351. The number of amides is 1. The van der Waals surface area contributed by atoms with Crippen molar-refractivity contribution in [2.45, 2.75) is 13.3 Å². The summed E-state index contributed by atoms with van der Waals surface area (Å²) in [5.41, 5.74) is 1.59. The highest BCUT2D eigenvalue weighted by molar-refractivity contribution is 8.18. The van der Waals surface area contributed by atoms with Gasteiger partial charge in [0.15, 0.2) is 5.17 Å². The smallest absolute Gasteiger partial charge is 0.292 e. The molecule has 0 spiro atoms. The Morgan fingerprint density at radius 1 is 1.09 bits per heavy atom. The van der Waals surface area contributed by atoms with Crippen molar-refractivity contribution in [3.8, 4) is 5.75 Å². The molecule has 0 unspecified atom stereocenters. The van der Waals surface area contributed by atoms with Gasteiger partial charge < -0.3 is 14.5 Å². The molecule has 2 aliphatic rings. The lowest BCUT2D eigenvalue weighted by atomic mass is 10.2. The number of carbonyl (C=O) groups is 1. The number of para-hydroxylation sites is 3. The molecule has 2 aliphatic heterocycles. The van der Waals surface area contributed by atoms with Gasteiger partial charge in [-0.15, -0.1) is 0 Å². The number of thioether (sulfide) groups is 1. The Balaban J connectivity index is 1.42. The summed E-state index contributed by atoms with van der Waals surface area (Å²) in [4.78, 5) is 32.4. The van der Waals surface area contributed by atoms with Crippen LogP contribution in [0.3, 0.4) is 0 Å². The summed E-state index contributed by atoms with van der Waals surface area (Å²) in [7, 11) is 0. The standard InChI is InChI=1S/C23H24N4O4S/c1-2-15-31-20-10-6-3-7-17(20)16-21-22(28)24-23(32-21)26-13-11-25(12-14-26)18-8-4-5-9-19(18)27(29)30/h3-10,16H,2,11-15H2,1H3. The third-order valence-corrected chi connectivity index (χ3v) is 6.29. The van der Waals surface area contributed by atoms with Crippen molar-refractivity contribution in [2.24, 2.45) is 4.99 Å². The Kier molecular flexibility index (Phi) is 6.75. The average molecular weight is 453 g/mol. The van der Waals surface area contributed by atoms with Gasteiger partial charge in [0.05, 0.1) is 16.4 Å². The maximum atomic E-state index is 12.5. The summed E-state index contributed by atoms with van der Waals surface area (Å²) in [5.74, 6) is 0.498. The Morgan fingerprint density at radius 2 is 1.78 bits per heavy atom. The lowest BCUT2D eigenvalue weighted by Gasteiger charge is -2.36. The molecule has 0 aliphatic carbocycles. The highest BCUT2D eigenvalue weighted by Gasteiger charge is 2.30. The minimum absolute atomic E-state index is 0.109. The van der Waals surface area contributed by atoms with Crippen molar-refractivity contribution in [2.75, 3.05) is 37.7 Å². The van der Waals surface area contributed by atoms with Crippen molar-refractivity contribution in [3.63, 3.8) is 0 Å². The van der Waals surface area contributed by atoms with Crippen LogP contribution in [-0.4, -0.2) is 53.7 Å². The fraction of sp³-hybridized carbons (Fsp3) is 0.304. The van der Waals surface area contributed by atoms with E-state index in [4.69, 9.17) is 4.74 Å². The molecule has 166 valence electrons. The molecule has 32 heavy (non-hydrogen) atoms. The molecule has 0 saturated carbocycles. The van der Waals surface area contributed by atoms with Crippen LogP contribution in [0.4, 0.5) is 11.4 Å². The first-order chi connectivity index (χ1) is 15.6. The predicted octanol–water partition coefficient (Wildman–Crippen LogP) is 4.18. The number of nitrogens with zero attached hydrogens (tertiary/aromatic N) is 4. The molecule has 0 bridgehead atoms. The molecule has 2 aromatic carbocycles. The van der Waals surface area contributed by atoms with Crippen LogP contribution < -0.4 is 9.64 Å². The minimum Gasteiger partial charge on any atom is -0.493 e. The summed E-state index contributed by atoms with van der Waals surface area (Å²) in [5, 5.41) is 12.0. The highest BCUT2D eigenvalue weighted by Crippen LogP contribution is 2.34. The molecule has 1 saturated heterocycles. The third kappa shape index (κ3) is 4.77. The number of amidine groups is 1. The molecule has 2 heterocycles. The number of ether oxygens (including phenoxy) is 1. The van der Waals surface area contributed by atoms with E-state index >= 15 is 0 Å². The molecule has 8 nitrogen and oxygen atoms in total. The number of carbonyl (C=O) groups excluding carboxylic acids is 1. The van der Waals surface area contributed by atoms with E-state index in [1.54, 1.807) is 12.1 Å². The van der Waals surface area contributed by atoms with E-state index in [0.717, 1.165) is 17.7 Å². The van der Waals surface area contributed by atoms with E-state index in [0.29, 0.717) is 48.5 Å². The summed E-state index contributed by atoms with van der Waals surface area (Å²) in [6, 6.07) is 14.4. The first kappa shape index (κ1) is 21.9. The van der Waals surface area contributed by atoms with Gasteiger partial charge in [0, 0.05) is 37.8 Å². The molecule has 0 N–H and O–H groups in total. The normalized spacial score (nSPS) is 17.6. The van der Waals surface area contributed by atoms with Crippen LogP contribution in [0, 0.1) is 10.1 Å². The number of hydrogen-bond donors (Lipinski definition) is 0.